The Hall–Kier alpha value is -3.85. The van der Waals surface area contributed by atoms with Gasteiger partial charge in [-0.3, -0.25) is 14.4 Å². The zero-order valence-electron chi connectivity index (χ0n) is 21.1. The van der Waals surface area contributed by atoms with Crippen LogP contribution in [0, 0.1) is 5.92 Å². The molecule has 8 nitrogen and oxygen atoms in total. The van der Waals surface area contributed by atoms with Gasteiger partial charge in [-0.1, -0.05) is 30.3 Å². The van der Waals surface area contributed by atoms with Crippen molar-refractivity contribution in [2.24, 2.45) is 5.92 Å². The summed E-state index contributed by atoms with van der Waals surface area (Å²) >= 11 is 3.42. The number of carbonyl (C=O) groups excluding carboxylic acids is 2. The molecule has 3 heterocycles. The van der Waals surface area contributed by atoms with Crippen molar-refractivity contribution < 1.29 is 19.1 Å². The maximum Gasteiger partial charge on any atom is 0.270 e. The number of carbonyl (C=O) groups is 2. The number of benzene rings is 2. The average molecular weight is 578 g/mol. The summed E-state index contributed by atoms with van der Waals surface area (Å²) in [6.45, 7) is 1.52. The van der Waals surface area contributed by atoms with Crippen molar-refractivity contribution in [3.8, 4) is 11.5 Å². The summed E-state index contributed by atoms with van der Waals surface area (Å²) in [5.74, 6) is 0.465. The fraction of sp³-hybridized carbons (Fsp3) is 0.276. The van der Waals surface area contributed by atoms with Gasteiger partial charge >= 0.3 is 0 Å². The van der Waals surface area contributed by atoms with E-state index in [4.69, 9.17) is 9.47 Å². The molecule has 0 aliphatic carbocycles. The summed E-state index contributed by atoms with van der Waals surface area (Å²) in [4.78, 5) is 41.5. The summed E-state index contributed by atoms with van der Waals surface area (Å²) in [5, 5.41) is 2.85. The zero-order valence-corrected chi connectivity index (χ0v) is 22.7. The summed E-state index contributed by atoms with van der Waals surface area (Å²) in [6, 6.07) is 17.7. The van der Waals surface area contributed by atoms with E-state index in [0.717, 1.165) is 12.1 Å². The topological polar surface area (TPSA) is 89.9 Å². The lowest BCUT2D eigenvalue weighted by atomic mass is 9.83. The minimum atomic E-state index is -0.409. The predicted molar refractivity (Wildman–Crippen MR) is 147 cm³/mol. The molecule has 2 aliphatic rings. The number of piperidine rings is 1. The fourth-order valence-electron chi connectivity index (χ4n) is 5.40. The minimum Gasteiger partial charge on any atom is -0.493 e. The largest absolute Gasteiger partial charge is 0.493 e. The molecule has 38 heavy (non-hydrogen) atoms. The number of ether oxygens (including phenoxy) is 2. The molecule has 2 bridgehead atoms. The average Bonchev–Trinajstić information content (AvgIpc) is 2.92. The van der Waals surface area contributed by atoms with Crippen molar-refractivity contribution in [1.82, 2.24) is 14.8 Å². The van der Waals surface area contributed by atoms with E-state index in [9.17, 15) is 14.4 Å². The number of nitrogens with zero attached hydrogens (tertiary/aromatic N) is 2. The van der Waals surface area contributed by atoms with Crippen LogP contribution >= 0.6 is 15.9 Å². The van der Waals surface area contributed by atoms with Crippen LogP contribution in [0.3, 0.4) is 0 Å². The first kappa shape index (κ1) is 25.8. The molecule has 0 saturated carbocycles. The molecule has 9 heteroatoms. The lowest BCUT2D eigenvalue weighted by Crippen LogP contribution is -2.50. The van der Waals surface area contributed by atoms with E-state index >= 15 is 0 Å². The van der Waals surface area contributed by atoms with E-state index in [-0.39, 0.29) is 29.0 Å². The first-order valence-corrected chi connectivity index (χ1v) is 13.2. The molecular formula is C29H28BrN3O5. The molecule has 2 atom stereocenters. The Morgan fingerprint density at radius 2 is 1.76 bits per heavy atom. The van der Waals surface area contributed by atoms with Gasteiger partial charge in [-0.2, -0.15) is 0 Å². The Morgan fingerprint density at radius 3 is 2.53 bits per heavy atom. The van der Waals surface area contributed by atoms with Crippen LogP contribution in [-0.4, -0.2) is 48.6 Å². The highest BCUT2D eigenvalue weighted by atomic mass is 79.9. The highest BCUT2D eigenvalue weighted by Crippen LogP contribution is 2.36. The molecule has 0 radical (unpaired) electrons. The third-order valence-corrected chi connectivity index (χ3v) is 7.79. The molecule has 1 N–H and O–H groups in total. The van der Waals surface area contributed by atoms with Crippen molar-refractivity contribution in [3.63, 3.8) is 0 Å². The standard InChI is InChI=1S/C29H28BrN3O5/c1-37-25-11-5-7-19(27(25)38-2)14-23(31-28(35)21-8-3-4-9-22(21)30)29(36)32-15-18-13-20(17-32)24-10-6-12-26(34)33(24)16-18/h3-12,14,18,20H,13,15-17H2,1-2H3,(H,31,35)/b23-14-/t18-,20-/m1/s1. The van der Waals surface area contributed by atoms with Gasteiger partial charge in [-0.25, -0.2) is 0 Å². The number of pyridine rings is 1. The van der Waals surface area contributed by atoms with Gasteiger partial charge in [0, 0.05) is 47.3 Å². The molecule has 5 rings (SSSR count). The predicted octanol–water partition coefficient (Wildman–Crippen LogP) is 4.04. The van der Waals surface area contributed by atoms with E-state index in [0.29, 0.717) is 46.7 Å². The molecular weight excluding hydrogens is 550 g/mol. The SMILES string of the molecule is COc1cccc(/C=C(\NC(=O)c2ccccc2Br)C(=O)N2C[C@H]3C[C@H](C2)c2cccc(=O)n2C3)c1OC. The van der Waals surface area contributed by atoms with Crippen molar-refractivity contribution in [1.29, 1.82) is 0 Å². The Balaban J connectivity index is 1.51. The number of para-hydroxylation sites is 1. The van der Waals surface area contributed by atoms with Crippen LogP contribution in [0.5, 0.6) is 11.5 Å². The highest BCUT2D eigenvalue weighted by Gasteiger charge is 2.37. The molecule has 0 spiro atoms. The van der Waals surface area contributed by atoms with Gasteiger partial charge < -0.3 is 24.3 Å². The van der Waals surface area contributed by atoms with Crippen LogP contribution in [0.4, 0.5) is 0 Å². The Bertz CT molecular complexity index is 1480. The maximum atomic E-state index is 14.0. The van der Waals surface area contributed by atoms with Crippen LogP contribution in [0.2, 0.25) is 0 Å². The molecule has 2 aromatic carbocycles. The van der Waals surface area contributed by atoms with Crippen LogP contribution in [0.15, 0.2) is 75.6 Å². The Morgan fingerprint density at radius 1 is 0.974 bits per heavy atom. The smallest absolute Gasteiger partial charge is 0.270 e. The number of aromatic nitrogens is 1. The number of halogens is 1. The van der Waals surface area contributed by atoms with Crippen LogP contribution in [0.1, 0.15) is 34.0 Å². The van der Waals surface area contributed by atoms with Crippen molar-refractivity contribution in [2.45, 2.75) is 18.9 Å². The lowest BCUT2D eigenvalue weighted by molar-refractivity contribution is -0.130. The van der Waals surface area contributed by atoms with E-state index in [1.807, 2.05) is 16.7 Å². The summed E-state index contributed by atoms with van der Waals surface area (Å²) in [6.07, 6.45) is 2.54. The number of amides is 2. The molecule has 1 saturated heterocycles. The molecule has 0 unspecified atom stereocenters. The van der Waals surface area contributed by atoms with E-state index in [1.54, 1.807) is 66.6 Å². The van der Waals surface area contributed by atoms with Crippen LogP contribution in [0.25, 0.3) is 6.08 Å². The third-order valence-electron chi connectivity index (χ3n) is 7.10. The number of nitrogens with one attached hydrogen (secondary N) is 1. The molecule has 2 aliphatic heterocycles. The molecule has 196 valence electrons. The number of likely N-dealkylation sites (tertiary alicyclic amines) is 1. The normalized spacial score (nSPS) is 18.4. The second-order valence-electron chi connectivity index (χ2n) is 9.48. The van der Waals surface area contributed by atoms with Gasteiger partial charge in [0.25, 0.3) is 17.4 Å². The summed E-state index contributed by atoms with van der Waals surface area (Å²) in [7, 11) is 3.07. The monoisotopic (exact) mass is 577 g/mol. The van der Waals surface area contributed by atoms with Crippen molar-refractivity contribution in [2.75, 3.05) is 27.3 Å². The van der Waals surface area contributed by atoms with Crippen molar-refractivity contribution in [3.05, 3.63) is 98.0 Å². The van der Waals surface area contributed by atoms with Crippen LogP contribution in [-0.2, 0) is 11.3 Å². The number of hydrogen-bond acceptors (Lipinski definition) is 5. The van der Waals surface area contributed by atoms with Crippen LogP contribution < -0.4 is 20.3 Å². The lowest BCUT2D eigenvalue weighted by Gasteiger charge is -2.43. The second-order valence-corrected chi connectivity index (χ2v) is 10.3. The third kappa shape index (κ3) is 4.98. The van der Waals surface area contributed by atoms with Gasteiger partial charge in [0.05, 0.1) is 19.8 Å². The van der Waals surface area contributed by atoms with Crippen molar-refractivity contribution >= 4 is 33.8 Å². The molecule has 3 aromatic rings. The van der Waals surface area contributed by atoms with E-state index in [2.05, 4.69) is 21.2 Å². The Kier molecular flexibility index (Phi) is 7.37. The summed E-state index contributed by atoms with van der Waals surface area (Å²) in [5.41, 5.74) is 2.07. The van der Waals surface area contributed by atoms with E-state index < -0.39 is 5.91 Å². The maximum absolute atomic E-state index is 14.0. The minimum absolute atomic E-state index is 0.0108. The van der Waals surface area contributed by atoms with Gasteiger partial charge in [0.15, 0.2) is 11.5 Å². The summed E-state index contributed by atoms with van der Waals surface area (Å²) < 4.78 is 13.4. The van der Waals surface area contributed by atoms with E-state index in [1.165, 1.54) is 7.11 Å². The second kappa shape index (κ2) is 10.9. The number of rotatable bonds is 6. The zero-order chi connectivity index (χ0) is 26.8. The first-order valence-electron chi connectivity index (χ1n) is 12.4. The quantitative estimate of drug-likeness (QED) is 0.446. The van der Waals surface area contributed by atoms with Gasteiger partial charge in [0.2, 0.25) is 0 Å². The van der Waals surface area contributed by atoms with Gasteiger partial charge in [-0.05, 0) is 58.6 Å². The number of fused-ring (bicyclic) bond motifs is 4. The Labute approximate surface area is 229 Å². The number of methoxy groups -OCH3 is 2. The fourth-order valence-corrected chi connectivity index (χ4v) is 5.86. The molecule has 1 fully saturated rings. The van der Waals surface area contributed by atoms with Gasteiger partial charge in [0.1, 0.15) is 5.70 Å². The van der Waals surface area contributed by atoms with Gasteiger partial charge in [-0.15, -0.1) is 0 Å². The first-order chi connectivity index (χ1) is 18.4. The highest BCUT2D eigenvalue weighted by molar-refractivity contribution is 9.10. The number of hydrogen-bond donors (Lipinski definition) is 1. The molecule has 2 amide bonds. The molecule has 1 aromatic heterocycles.